The summed E-state index contributed by atoms with van der Waals surface area (Å²) in [5.74, 6) is 0.577. The van der Waals surface area contributed by atoms with Crippen LogP contribution in [0.3, 0.4) is 0 Å². The van der Waals surface area contributed by atoms with Crippen LogP contribution < -0.4 is 15.5 Å². The fraction of sp³-hybridized carbons (Fsp3) is 0.350. The lowest BCUT2D eigenvalue weighted by atomic mass is 9.93. The largest absolute Gasteiger partial charge is 0.374 e. The molecule has 0 spiro atoms. The molecule has 2 N–H and O–H groups in total. The molecule has 1 amide bonds. The van der Waals surface area contributed by atoms with Crippen molar-refractivity contribution in [2.75, 3.05) is 32.1 Å². The molecule has 0 radical (unpaired) electrons. The average Bonchev–Trinajstić information content (AvgIpc) is 2.62. The Labute approximate surface area is 143 Å². The van der Waals surface area contributed by atoms with E-state index in [1.54, 1.807) is 7.05 Å². The second kappa shape index (κ2) is 7.49. The van der Waals surface area contributed by atoms with Crippen molar-refractivity contribution in [2.45, 2.75) is 13.0 Å². The lowest BCUT2D eigenvalue weighted by molar-refractivity contribution is 0.0963. The molecule has 1 aliphatic heterocycles. The molecule has 3 rings (SSSR count). The maximum Gasteiger partial charge on any atom is 0.251 e. The Morgan fingerprint density at radius 3 is 2.67 bits per heavy atom. The summed E-state index contributed by atoms with van der Waals surface area (Å²) >= 11 is 0. The van der Waals surface area contributed by atoms with Gasteiger partial charge in [0, 0.05) is 45.0 Å². The topological polar surface area (TPSA) is 44.4 Å². The maximum atomic E-state index is 11.5. The molecule has 4 nitrogen and oxygen atoms in total. The molecule has 0 bridgehead atoms. The van der Waals surface area contributed by atoms with Gasteiger partial charge in [0.1, 0.15) is 0 Å². The van der Waals surface area contributed by atoms with E-state index in [1.807, 2.05) is 24.3 Å². The van der Waals surface area contributed by atoms with Crippen molar-refractivity contribution in [2.24, 2.45) is 5.92 Å². The van der Waals surface area contributed by atoms with Crippen LogP contribution in [0.5, 0.6) is 0 Å². The minimum absolute atomic E-state index is 0.0431. The molecule has 1 heterocycles. The highest BCUT2D eigenvalue weighted by Crippen LogP contribution is 2.27. The molecule has 126 valence electrons. The number of fused-ring (bicyclic) bond motifs is 1. The van der Waals surface area contributed by atoms with E-state index in [1.165, 1.54) is 16.8 Å². The van der Waals surface area contributed by atoms with Crippen LogP contribution in [0, 0.1) is 5.92 Å². The fourth-order valence-corrected chi connectivity index (χ4v) is 3.39. The average molecular weight is 323 g/mol. The summed E-state index contributed by atoms with van der Waals surface area (Å²) < 4.78 is 0. The molecular formula is C20H25N3O. The molecule has 2 aromatic carbocycles. The highest BCUT2D eigenvalue weighted by Gasteiger charge is 2.21. The molecule has 24 heavy (non-hydrogen) atoms. The third-order valence-electron chi connectivity index (χ3n) is 4.65. The van der Waals surface area contributed by atoms with Crippen LogP contribution in [-0.2, 0) is 13.0 Å². The van der Waals surface area contributed by atoms with Gasteiger partial charge in [0.15, 0.2) is 0 Å². The lowest BCUT2D eigenvalue weighted by Crippen LogP contribution is -2.37. The molecule has 0 fully saturated rings. The van der Waals surface area contributed by atoms with Crippen molar-refractivity contribution in [3.05, 3.63) is 65.2 Å². The number of anilines is 1. The number of hydrogen-bond donors (Lipinski definition) is 2. The molecule has 1 atom stereocenters. The van der Waals surface area contributed by atoms with Crippen LogP contribution in [0.15, 0.2) is 48.5 Å². The third-order valence-corrected chi connectivity index (χ3v) is 4.65. The molecule has 4 heteroatoms. The minimum Gasteiger partial charge on any atom is -0.374 e. The Morgan fingerprint density at radius 1 is 1.17 bits per heavy atom. The van der Waals surface area contributed by atoms with E-state index in [0.717, 1.165) is 26.1 Å². The molecule has 1 aliphatic rings. The van der Waals surface area contributed by atoms with Gasteiger partial charge in [-0.3, -0.25) is 4.79 Å². The van der Waals surface area contributed by atoms with E-state index in [0.29, 0.717) is 11.5 Å². The predicted molar refractivity (Wildman–Crippen MR) is 98.4 cm³/mol. The molecule has 0 unspecified atom stereocenters. The molecule has 2 aromatic rings. The van der Waals surface area contributed by atoms with Gasteiger partial charge < -0.3 is 15.5 Å². The van der Waals surface area contributed by atoms with E-state index in [2.05, 4.69) is 46.8 Å². The number of para-hydroxylation sites is 1. The first kappa shape index (κ1) is 16.5. The van der Waals surface area contributed by atoms with E-state index in [4.69, 9.17) is 0 Å². The summed E-state index contributed by atoms with van der Waals surface area (Å²) in [6.07, 6.45) is 1.13. The summed E-state index contributed by atoms with van der Waals surface area (Å²) in [5, 5.41) is 6.20. The number of rotatable bonds is 5. The summed E-state index contributed by atoms with van der Waals surface area (Å²) in [4.78, 5) is 13.9. The van der Waals surface area contributed by atoms with Gasteiger partial charge in [0.05, 0.1) is 0 Å². The molecular weight excluding hydrogens is 298 g/mol. The van der Waals surface area contributed by atoms with E-state index >= 15 is 0 Å². The van der Waals surface area contributed by atoms with Crippen molar-refractivity contribution in [3.63, 3.8) is 0 Å². The van der Waals surface area contributed by atoms with Crippen molar-refractivity contribution in [1.82, 2.24) is 10.6 Å². The van der Waals surface area contributed by atoms with Crippen LogP contribution >= 0.6 is 0 Å². The van der Waals surface area contributed by atoms with Crippen molar-refractivity contribution >= 4 is 11.6 Å². The molecule has 0 aliphatic carbocycles. The van der Waals surface area contributed by atoms with Gasteiger partial charge in [0.2, 0.25) is 0 Å². The van der Waals surface area contributed by atoms with Crippen LogP contribution in [0.25, 0.3) is 0 Å². The van der Waals surface area contributed by atoms with Crippen molar-refractivity contribution in [3.8, 4) is 0 Å². The van der Waals surface area contributed by atoms with Crippen LogP contribution in [0.2, 0.25) is 0 Å². The Bertz CT molecular complexity index is 696. The SMILES string of the molecule is CNC(=O)c1ccc(CNC[C@@H]2Cc3ccccc3N(C)C2)cc1. The third kappa shape index (κ3) is 3.77. The monoisotopic (exact) mass is 323 g/mol. The maximum absolute atomic E-state index is 11.5. The highest BCUT2D eigenvalue weighted by molar-refractivity contribution is 5.93. The lowest BCUT2D eigenvalue weighted by Gasteiger charge is -2.33. The number of carbonyl (C=O) groups is 1. The summed E-state index contributed by atoms with van der Waals surface area (Å²) in [7, 11) is 3.82. The highest BCUT2D eigenvalue weighted by atomic mass is 16.1. The first-order valence-corrected chi connectivity index (χ1v) is 8.48. The molecule has 0 aromatic heterocycles. The first-order valence-electron chi connectivity index (χ1n) is 8.48. The minimum atomic E-state index is -0.0431. The number of carbonyl (C=O) groups excluding carboxylic acids is 1. The van der Waals surface area contributed by atoms with Crippen LogP contribution in [0.1, 0.15) is 21.5 Å². The summed E-state index contributed by atoms with van der Waals surface area (Å²) in [5.41, 5.74) is 4.70. The van der Waals surface area contributed by atoms with E-state index < -0.39 is 0 Å². The van der Waals surface area contributed by atoms with Gasteiger partial charge in [-0.2, -0.15) is 0 Å². The number of nitrogens with zero attached hydrogens (tertiary/aromatic N) is 1. The van der Waals surface area contributed by atoms with Crippen LogP contribution in [0.4, 0.5) is 5.69 Å². The quantitative estimate of drug-likeness (QED) is 0.888. The number of amides is 1. The van der Waals surface area contributed by atoms with Crippen LogP contribution in [-0.4, -0.2) is 33.1 Å². The second-order valence-corrected chi connectivity index (χ2v) is 6.49. The van der Waals surface area contributed by atoms with Gasteiger partial charge in [-0.15, -0.1) is 0 Å². The first-order chi connectivity index (χ1) is 11.7. The Kier molecular flexibility index (Phi) is 5.16. The van der Waals surface area contributed by atoms with Crippen molar-refractivity contribution in [1.29, 1.82) is 0 Å². The Morgan fingerprint density at radius 2 is 1.92 bits per heavy atom. The zero-order valence-corrected chi connectivity index (χ0v) is 14.4. The van der Waals surface area contributed by atoms with Gasteiger partial charge in [-0.05, 0) is 41.7 Å². The summed E-state index contributed by atoms with van der Waals surface area (Å²) in [6, 6.07) is 16.4. The van der Waals surface area contributed by atoms with E-state index in [9.17, 15) is 4.79 Å². The van der Waals surface area contributed by atoms with Gasteiger partial charge >= 0.3 is 0 Å². The van der Waals surface area contributed by atoms with Crippen molar-refractivity contribution < 1.29 is 4.79 Å². The normalized spacial score (nSPS) is 16.6. The number of hydrogen-bond acceptors (Lipinski definition) is 3. The number of nitrogens with one attached hydrogen (secondary N) is 2. The summed E-state index contributed by atoms with van der Waals surface area (Å²) in [6.45, 7) is 2.91. The predicted octanol–water partition coefficient (Wildman–Crippen LogP) is 2.44. The zero-order valence-electron chi connectivity index (χ0n) is 14.4. The van der Waals surface area contributed by atoms with Gasteiger partial charge in [-0.1, -0.05) is 30.3 Å². The van der Waals surface area contributed by atoms with Gasteiger partial charge in [0.25, 0.3) is 5.91 Å². The molecule has 0 saturated carbocycles. The smallest absolute Gasteiger partial charge is 0.251 e. The number of benzene rings is 2. The zero-order chi connectivity index (χ0) is 16.9. The Hall–Kier alpha value is -2.33. The fourth-order valence-electron chi connectivity index (χ4n) is 3.39. The van der Waals surface area contributed by atoms with Gasteiger partial charge in [-0.25, -0.2) is 0 Å². The van der Waals surface area contributed by atoms with E-state index in [-0.39, 0.29) is 5.91 Å². The second-order valence-electron chi connectivity index (χ2n) is 6.49. The molecule has 0 saturated heterocycles. The Balaban J connectivity index is 1.51. The standard InChI is InChI=1S/C20H25N3O/c1-21-20(24)17-9-7-15(8-10-17)12-22-13-16-11-18-5-3-4-6-19(18)23(2)14-16/h3-10,16,22H,11-14H2,1-2H3,(H,21,24)/t16-/m0/s1.